The standard InChI is InChI=1S/C13H14FN3OS/c1-18-7-5-12-15-13(19-16-12)17-6-4-9-2-3-10(14)8-11(9)17/h2-3,8H,4-7H2,1H3. The van der Waals surface area contributed by atoms with E-state index in [9.17, 15) is 4.39 Å². The van der Waals surface area contributed by atoms with E-state index >= 15 is 0 Å². The molecule has 0 fully saturated rings. The molecule has 6 heteroatoms. The molecule has 0 unspecified atom stereocenters. The van der Waals surface area contributed by atoms with Gasteiger partial charge >= 0.3 is 0 Å². The number of halogens is 1. The van der Waals surface area contributed by atoms with Gasteiger partial charge in [-0.15, -0.1) is 0 Å². The second-order valence-corrected chi connectivity index (χ2v) is 5.14. The second kappa shape index (κ2) is 5.22. The predicted octanol–water partition coefficient (Wildman–Crippen LogP) is 2.56. The number of nitrogens with zero attached hydrogens (tertiary/aromatic N) is 3. The van der Waals surface area contributed by atoms with Gasteiger partial charge in [-0.2, -0.15) is 4.37 Å². The fraction of sp³-hybridized carbons (Fsp3) is 0.385. The van der Waals surface area contributed by atoms with Gasteiger partial charge in [0.15, 0.2) is 0 Å². The Morgan fingerprint density at radius 3 is 3.21 bits per heavy atom. The van der Waals surface area contributed by atoms with E-state index in [2.05, 4.69) is 9.36 Å². The number of rotatable bonds is 4. The lowest BCUT2D eigenvalue weighted by Gasteiger charge is -2.14. The molecule has 0 spiro atoms. The molecule has 0 aliphatic carbocycles. The van der Waals surface area contributed by atoms with E-state index in [-0.39, 0.29) is 5.82 Å². The van der Waals surface area contributed by atoms with E-state index in [1.54, 1.807) is 13.2 Å². The number of anilines is 2. The van der Waals surface area contributed by atoms with Crippen molar-refractivity contribution in [2.24, 2.45) is 0 Å². The molecule has 3 rings (SSSR count). The first kappa shape index (κ1) is 12.5. The molecule has 1 aliphatic heterocycles. The van der Waals surface area contributed by atoms with Crippen molar-refractivity contribution in [2.75, 3.05) is 25.2 Å². The number of ether oxygens (including phenoxy) is 1. The van der Waals surface area contributed by atoms with Crippen molar-refractivity contribution < 1.29 is 9.13 Å². The Hall–Kier alpha value is -1.53. The summed E-state index contributed by atoms with van der Waals surface area (Å²) in [6.45, 7) is 1.44. The molecular weight excluding hydrogens is 265 g/mol. The minimum atomic E-state index is -0.213. The fourth-order valence-corrected chi connectivity index (χ4v) is 2.95. The van der Waals surface area contributed by atoms with Crippen molar-refractivity contribution in [3.05, 3.63) is 35.4 Å². The molecule has 19 heavy (non-hydrogen) atoms. The smallest absolute Gasteiger partial charge is 0.209 e. The highest BCUT2D eigenvalue weighted by Crippen LogP contribution is 2.35. The molecule has 2 heterocycles. The van der Waals surface area contributed by atoms with E-state index < -0.39 is 0 Å². The third-order valence-electron chi connectivity index (χ3n) is 3.16. The summed E-state index contributed by atoms with van der Waals surface area (Å²) in [5.74, 6) is 0.571. The van der Waals surface area contributed by atoms with E-state index in [1.807, 2.05) is 11.0 Å². The van der Waals surface area contributed by atoms with Crippen LogP contribution in [-0.4, -0.2) is 29.6 Å². The molecule has 1 aliphatic rings. The molecule has 0 atom stereocenters. The summed E-state index contributed by atoms with van der Waals surface area (Å²) in [6, 6.07) is 4.92. The van der Waals surface area contributed by atoms with Crippen molar-refractivity contribution in [1.29, 1.82) is 0 Å². The fourth-order valence-electron chi connectivity index (χ4n) is 2.20. The van der Waals surface area contributed by atoms with E-state index in [0.29, 0.717) is 13.0 Å². The Labute approximate surface area is 115 Å². The van der Waals surface area contributed by atoms with Gasteiger partial charge in [0.2, 0.25) is 5.13 Å². The molecule has 0 radical (unpaired) electrons. The minimum Gasteiger partial charge on any atom is -0.384 e. The Morgan fingerprint density at radius 1 is 1.47 bits per heavy atom. The molecule has 0 saturated carbocycles. The van der Waals surface area contributed by atoms with Crippen molar-refractivity contribution in [3.63, 3.8) is 0 Å². The number of benzene rings is 1. The Morgan fingerprint density at radius 2 is 2.37 bits per heavy atom. The minimum absolute atomic E-state index is 0.213. The monoisotopic (exact) mass is 279 g/mol. The number of hydrogen-bond acceptors (Lipinski definition) is 5. The Bertz CT molecular complexity index is 587. The predicted molar refractivity (Wildman–Crippen MR) is 72.6 cm³/mol. The number of methoxy groups -OCH3 is 1. The Kier molecular flexibility index (Phi) is 3.44. The van der Waals surface area contributed by atoms with Crippen LogP contribution in [0.15, 0.2) is 18.2 Å². The summed E-state index contributed by atoms with van der Waals surface area (Å²) >= 11 is 1.35. The first-order chi connectivity index (χ1) is 9.28. The third kappa shape index (κ3) is 2.46. The second-order valence-electron chi connectivity index (χ2n) is 4.41. The van der Waals surface area contributed by atoms with Crippen LogP contribution in [0.1, 0.15) is 11.4 Å². The van der Waals surface area contributed by atoms with Gasteiger partial charge < -0.3 is 9.64 Å². The highest BCUT2D eigenvalue weighted by molar-refractivity contribution is 7.09. The zero-order chi connectivity index (χ0) is 13.2. The topological polar surface area (TPSA) is 38.2 Å². The van der Waals surface area contributed by atoms with Crippen LogP contribution in [0.2, 0.25) is 0 Å². The molecular formula is C13H14FN3OS. The third-order valence-corrected chi connectivity index (χ3v) is 3.94. The zero-order valence-corrected chi connectivity index (χ0v) is 11.4. The average molecular weight is 279 g/mol. The lowest BCUT2D eigenvalue weighted by molar-refractivity contribution is 0.201. The first-order valence-corrected chi connectivity index (χ1v) is 6.93. The maximum atomic E-state index is 13.3. The van der Waals surface area contributed by atoms with Crippen LogP contribution in [0.25, 0.3) is 0 Å². The molecule has 0 amide bonds. The number of hydrogen-bond donors (Lipinski definition) is 0. The van der Waals surface area contributed by atoms with Gasteiger partial charge in [0.1, 0.15) is 11.6 Å². The summed E-state index contributed by atoms with van der Waals surface area (Å²) < 4.78 is 22.7. The highest BCUT2D eigenvalue weighted by Gasteiger charge is 2.23. The molecule has 4 nitrogen and oxygen atoms in total. The van der Waals surface area contributed by atoms with E-state index in [1.165, 1.54) is 17.6 Å². The van der Waals surface area contributed by atoms with Gasteiger partial charge in [-0.3, -0.25) is 0 Å². The van der Waals surface area contributed by atoms with Crippen molar-refractivity contribution >= 4 is 22.4 Å². The highest BCUT2D eigenvalue weighted by atomic mass is 32.1. The molecule has 0 N–H and O–H groups in total. The van der Waals surface area contributed by atoms with Crippen LogP contribution in [0, 0.1) is 5.82 Å². The maximum absolute atomic E-state index is 13.3. The van der Waals surface area contributed by atoms with Crippen molar-refractivity contribution in [1.82, 2.24) is 9.36 Å². The molecule has 0 saturated heterocycles. The van der Waals surface area contributed by atoms with Gasteiger partial charge in [-0.1, -0.05) is 6.07 Å². The quantitative estimate of drug-likeness (QED) is 0.862. The first-order valence-electron chi connectivity index (χ1n) is 6.15. The van der Waals surface area contributed by atoms with Crippen molar-refractivity contribution in [3.8, 4) is 0 Å². The van der Waals surface area contributed by atoms with Crippen LogP contribution in [0.3, 0.4) is 0 Å². The summed E-state index contributed by atoms with van der Waals surface area (Å²) in [5.41, 5.74) is 2.07. The normalized spacial score (nSPS) is 13.9. The average Bonchev–Trinajstić information content (AvgIpc) is 3.01. The summed E-state index contributed by atoms with van der Waals surface area (Å²) in [5, 5.41) is 0.829. The van der Waals surface area contributed by atoms with Crippen LogP contribution >= 0.6 is 11.5 Å². The van der Waals surface area contributed by atoms with E-state index in [4.69, 9.17) is 4.74 Å². The van der Waals surface area contributed by atoms with Crippen molar-refractivity contribution in [2.45, 2.75) is 12.8 Å². The SMILES string of the molecule is COCCc1nsc(N2CCc3ccc(F)cc32)n1. The summed E-state index contributed by atoms with van der Waals surface area (Å²) in [6.07, 6.45) is 1.62. The molecule has 0 bridgehead atoms. The van der Waals surface area contributed by atoms with Gasteiger partial charge in [-0.05, 0) is 24.1 Å². The molecule has 2 aromatic rings. The van der Waals surface area contributed by atoms with Crippen LogP contribution in [-0.2, 0) is 17.6 Å². The number of fused-ring (bicyclic) bond motifs is 1. The largest absolute Gasteiger partial charge is 0.384 e. The van der Waals surface area contributed by atoms with Crippen LogP contribution < -0.4 is 4.90 Å². The Balaban J connectivity index is 1.85. The maximum Gasteiger partial charge on any atom is 0.209 e. The molecule has 1 aromatic heterocycles. The molecule has 100 valence electrons. The number of aromatic nitrogens is 2. The summed E-state index contributed by atoms with van der Waals surface area (Å²) in [4.78, 5) is 6.52. The van der Waals surface area contributed by atoms with Gasteiger partial charge in [0, 0.05) is 37.3 Å². The van der Waals surface area contributed by atoms with Crippen LogP contribution in [0.4, 0.5) is 15.2 Å². The van der Waals surface area contributed by atoms with Gasteiger partial charge in [0.05, 0.1) is 6.61 Å². The zero-order valence-electron chi connectivity index (χ0n) is 10.6. The van der Waals surface area contributed by atoms with E-state index in [0.717, 1.165) is 35.2 Å². The lowest BCUT2D eigenvalue weighted by atomic mass is 10.2. The molecule has 1 aromatic carbocycles. The van der Waals surface area contributed by atoms with Crippen LogP contribution in [0.5, 0.6) is 0 Å². The summed E-state index contributed by atoms with van der Waals surface area (Å²) in [7, 11) is 1.66. The van der Waals surface area contributed by atoms with Gasteiger partial charge in [-0.25, -0.2) is 9.37 Å². The lowest BCUT2D eigenvalue weighted by Crippen LogP contribution is -2.13. The van der Waals surface area contributed by atoms with Gasteiger partial charge in [0.25, 0.3) is 0 Å².